The van der Waals surface area contributed by atoms with Crippen LogP contribution < -0.4 is 10.6 Å². The maximum absolute atomic E-state index is 14.6. The first-order valence-electron chi connectivity index (χ1n) is 12.9. The van der Waals surface area contributed by atoms with Gasteiger partial charge in [-0.1, -0.05) is 54.6 Å². The van der Waals surface area contributed by atoms with Crippen LogP contribution in [0, 0.1) is 20.8 Å². The highest BCUT2D eigenvalue weighted by Crippen LogP contribution is 2.33. The van der Waals surface area contributed by atoms with Crippen molar-refractivity contribution in [3.8, 4) is 0 Å². The molecule has 3 N–H and O–H groups in total. The molecule has 3 unspecified atom stereocenters. The largest absolute Gasteiger partial charge is 0.381 e. The quantitative estimate of drug-likeness (QED) is 0.366. The molecule has 40 heavy (non-hydrogen) atoms. The first-order valence-corrected chi connectivity index (χ1v) is 13.7. The van der Waals surface area contributed by atoms with Gasteiger partial charge in [0.05, 0.1) is 23.3 Å². The molecule has 1 aliphatic rings. The molecule has 1 fully saturated rings. The van der Waals surface area contributed by atoms with Gasteiger partial charge in [-0.25, -0.2) is 13.8 Å². The average Bonchev–Trinajstić information content (AvgIpc) is 3.44. The number of aromatic nitrogens is 1. The Kier molecular flexibility index (Phi) is 8.95. The third kappa shape index (κ3) is 6.89. The third-order valence-corrected chi connectivity index (χ3v) is 8.00. The van der Waals surface area contributed by atoms with Crippen molar-refractivity contribution in [2.24, 2.45) is 0 Å². The molecule has 3 atom stereocenters. The van der Waals surface area contributed by atoms with E-state index in [0.717, 1.165) is 21.6 Å². The zero-order chi connectivity index (χ0) is 29.0. The summed E-state index contributed by atoms with van der Waals surface area (Å²) in [5.74, 6) is -5.63. The molecule has 0 saturated carbocycles. The van der Waals surface area contributed by atoms with Gasteiger partial charge in [-0.3, -0.25) is 14.4 Å². The maximum Gasteiger partial charge on any atom is 0.267 e. The number of rotatable bonds is 9. The molecule has 2 heterocycles. The summed E-state index contributed by atoms with van der Waals surface area (Å²) in [6.45, 7) is 4.40. The van der Waals surface area contributed by atoms with Crippen LogP contribution in [0.1, 0.15) is 43.5 Å². The van der Waals surface area contributed by atoms with Crippen LogP contribution in [0.3, 0.4) is 0 Å². The van der Waals surface area contributed by atoms with E-state index in [-0.39, 0.29) is 13.0 Å². The molecule has 0 radical (unpaired) electrons. The monoisotopic (exact) mass is 570 g/mol. The molecule has 0 aliphatic carbocycles. The molecule has 1 saturated heterocycles. The zero-order valence-electron chi connectivity index (χ0n) is 22.5. The summed E-state index contributed by atoms with van der Waals surface area (Å²) in [5, 5.41) is 17.2. The number of aliphatic hydroxyl groups is 1. The molecule has 0 bridgehead atoms. The number of alkyl halides is 2. The number of carbonyl (C=O) groups excluding carboxylic acids is 3. The van der Waals surface area contributed by atoms with E-state index >= 15 is 0 Å². The summed E-state index contributed by atoms with van der Waals surface area (Å²) < 4.78 is 29.1. The second-order valence-electron chi connectivity index (χ2n) is 10.0. The molecule has 1 aromatic heterocycles. The first-order chi connectivity index (χ1) is 18.9. The summed E-state index contributed by atoms with van der Waals surface area (Å²) in [7, 11) is 0. The Labute approximate surface area is 235 Å². The summed E-state index contributed by atoms with van der Waals surface area (Å²) in [4.78, 5) is 44.9. The van der Waals surface area contributed by atoms with Gasteiger partial charge in [0.1, 0.15) is 10.9 Å². The van der Waals surface area contributed by atoms with Gasteiger partial charge < -0.3 is 20.6 Å². The van der Waals surface area contributed by atoms with Crippen molar-refractivity contribution in [1.82, 2.24) is 20.5 Å². The second kappa shape index (κ2) is 12.2. The van der Waals surface area contributed by atoms with Crippen LogP contribution in [0.5, 0.6) is 0 Å². The Hall–Kier alpha value is -3.70. The lowest BCUT2D eigenvalue weighted by molar-refractivity contribution is -0.147. The van der Waals surface area contributed by atoms with Gasteiger partial charge in [-0.05, 0) is 43.9 Å². The molecule has 11 heteroatoms. The normalized spacial score (nSPS) is 17.8. The molecule has 3 amide bonds. The van der Waals surface area contributed by atoms with Gasteiger partial charge in [0.15, 0.2) is 6.10 Å². The van der Waals surface area contributed by atoms with Crippen molar-refractivity contribution < 1.29 is 28.3 Å². The van der Waals surface area contributed by atoms with Gasteiger partial charge in [-0.2, -0.15) is 0 Å². The molecule has 8 nitrogen and oxygen atoms in total. The van der Waals surface area contributed by atoms with Gasteiger partial charge in [0.25, 0.3) is 17.7 Å². The third-order valence-electron chi connectivity index (χ3n) is 6.93. The van der Waals surface area contributed by atoms with Crippen LogP contribution in [-0.2, 0) is 22.6 Å². The molecule has 1 aliphatic heterocycles. The number of nitrogens with zero attached hydrogens (tertiary/aromatic N) is 2. The number of benzene rings is 2. The van der Waals surface area contributed by atoms with E-state index in [0.29, 0.717) is 15.6 Å². The summed E-state index contributed by atoms with van der Waals surface area (Å²) in [5.41, 5.74) is 2.96. The van der Waals surface area contributed by atoms with E-state index < -0.39 is 54.8 Å². The smallest absolute Gasteiger partial charge is 0.267 e. The van der Waals surface area contributed by atoms with E-state index in [4.69, 9.17) is 0 Å². The maximum atomic E-state index is 14.6. The van der Waals surface area contributed by atoms with Crippen LogP contribution in [-0.4, -0.2) is 63.4 Å². The highest BCUT2D eigenvalue weighted by atomic mass is 32.1. The molecular formula is C29H32F2N4O4S. The predicted molar refractivity (Wildman–Crippen MR) is 147 cm³/mol. The summed E-state index contributed by atoms with van der Waals surface area (Å²) >= 11 is 1.17. The number of thiazole rings is 1. The van der Waals surface area contributed by atoms with Gasteiger partial charge >= 0.3 is 0 Å². The molecule has 3 aromatic rings. The fraction of sp³-hybridized carbons (Fsp3) is 0.379. The van der Waals surface area contributed by atoms with E-state index in [1.165, 1.54) is 11.3 Å². The number of carbonyl (C=O) groups is 3. The van der Waals surface area contributed by atoms with Crippen LogP contribution in [0.25, 0.3) is 0 Å². The van der Waals surface area contributed by atoms with Crippen LogP contribution in [0.15, 0.2) is 54.6 Å². The second-order valence-corrected chi connectivity index (χ2v) is 11.3. The first kappa shape index (κ1) is 29.3. The van der Waals surface area contributed by atoms with Gasteiger partial charge in [0, 0.05) is 13.0 Å². The fourth-order valence-electron chi connectivity index (χ4n) is 4.82. The lowest BCUT2D eigenvalue weighted by atomic mass is 9.99. The number of hydrogen-bond donors (Lipinski definition) is 3. The van der Waals surface area contributed by atoms with E-state index in [2.05, 4.69) is 15.6 Å². The van der Waals surface area contributed by atoms with E-state index in [1.807, 2.05) is 25.1 Å². The number of nitrogens with one attached hydrogen (secondary N) is 2. The number of aliphatic hydroxyl groups excluding tert-OH is 1. The van der Waals surface area contributed by atoms with Crippen LogP contribution >= 0.6 is 11.3 Å². The average molecular weight is 571 g/mol. The summed E-state index contributed by atoms with van der Waals surface area (Å²) in [6.07, 6.45) is -2.68. The van der Waals surface area contributed by atoms with Crippen molar-refractivity contribution in [1.29, 1.82) is 0 Å². The zero-order valence-corrected chi connectivity index (χ0v) is 23.3. The Bertz CT molecular complexity index is 1380. The topological polar surface area (TPSA) is 112 Å². The van der Waals surface area contributed by atoms with Crippen molar-refractivity contribution in [3.05, 3.63) is 86.9 Å². The van der Waals surface area contributed by atoms with E-state index in [1.54, 1.807) is 50.2 Å². The Morgan fingerprint density at radius 1 is 1.10 bits per heavy atom. The fourth-order valence-corrected chi connectivity index (χ4v) is 5.64. The SMILES string of the molecule is Cc1nc(C)c(C(=O)NC(Cc2ccccc2)C(O)C(=O)N2CC(F)(F)CC2C(=O)NCc2ccccc2C)s1. The van der Waals surface area contributed by atoms with Crippen molar-refractivity contribution in [2.75, 3.05) is 6.54 Å². The van der Waals surface area contributed by atoms with Crippen LogP contribution in [0.4, 0.5) is 8.78 Å². The summed E-state index contributed by atoms with van der Waals surface area (Å²) in [6, 6.07) is 13.6. The minimum atomic E-state index is -3.31. The van der Waals surface area contributed by atoms with Crippen LogP contribution in [0.2, 0.25) is 0 Å². The van der Waals surface area contributed by atoms with Gasteiger partial charge in [-0.15, -0.1) is 11.3 Å². The molecule has 0 spiro atoms. The lowest BCUT2D eigenvalue weighted by Crippen LogP contribution is -2.55. The highest BCUT2D eigenvalue weighted by Gasteiger charge is 2.51. The molecule has 212 valence electrons. The highest BCUT2D eigenvalue weighted by molar-refractivity contribution is 7.13. The lowest BCUT2D eigenvalue weighted by Gasteiger charge is -2.30. The number of aryl methyl sites for hydroxylation is 3. The minimum Gasteiger partial charge on any atom is -0.381 e. The van der Waals surface area contributed by atoms with Crippen molar-refractivity contribution in [3.63, 3.8) is 0 Å². The number of halogens is 2. The Morgan fingerprint density at radius 2 is 1.77 bits per heavy atom. The number of hydrogen-bond acceptors (Lipinski definition) is 6. The Morgan fingerprint density at radius 3 is 2.42 bits per heavy atom. The Balaban J connectivity index is 1.54. The standard InChI is InChI=1S/C29H32F2N4O4S/c1-17-9-7-8-12-21(17)15-32-26(37)23-14-29(30,31)16-35(23)28(39)24(36)22(13-20-10-5-4-6-11-20)34-27(38)25-18(2)33-19(3)40-25/h4-12,22-24,36H,13-16H2,1-3H3,(H,32,37)(H,34,38). The molecule has 2 aromatic carbocycles. The van der Waals surface area contributed by atoms with Crippen molar-refractivity contribution in [2.45, 2.75) is 64.3 Å². The van der Waals surface area contributed by atoms with Gasteiger partial charge in [0.2, 0.25) is 5.91 Å². The predicted octanol–water partition coefficient (Wildman–Crippen LogP) is 3.32. The van der Waals surface area contributed by atoms with E-state index in [9.17, 15) is 28.3 Å². The minimum absolute atomic E-state index is 0.0602. The molecular weight excluding hydrogens is 538 g/mol. The van der Waals surface area contributed by atoms with Crippen molar-refractivity contribution >= 4 is 29.1 Å². The molecule has 4 rings (SSSR count). The number of likely N-dealkylation sites (tertiary alicyclic amines) is 1. The number of amides is 3.